The maximum atomic E-state index is 11.9. The van der Waals surface area contributed by atoms with E-state index in [9.17, 15) is 4.79 Å². The fourth-order valence-corrected chi connectivity index (χ4v) is 1.66. The molecule has 0 aliphatic rings. The largest absolute Gasteiger partial charge is 0.394 e. The van der Waals surface area contributed by atoms with E-state index in [1.165, 1.54) is 18.0 Å². The Bertz CT molecular complexity index is 399. The van der Waals surface area contributed by atoms with Gasteiger partial charge in [0.25, 0.3) is 5.91 Å². The van der Waals surface area contributed by atoms with Crippen molar-refractivity contribution in [1.82, 2.24) is 15.3 Å². The molecule has 0 fully saturated rings. The zero-order valence-corrected chi connectivity index (χ0v) is 11.2. The molecule has 1 aromatic rings. The maximum Gasteiger partial charge on any atom is 0.271 e. The van der Waals surface area contributed by atoms with Crippen molar-refractivity contribution in [3.63, 3.8) is 0 Å². The summed E-state index contributed by atoms with van der Waals surface area (Å²) in [5.74, 6) is -0.395. The van der Waals surface area contributed by atoms with Gasteiger partial charge in [0.15, 0.2) is 10.9 Å². The number of thioether (sulfide) groups is 1. The van der Waals surface area contributed by atoms with Gasteiger partial charge in [-0.15, -0.1) is 0 Å². The lowest BCUT2D eigenvalue weighted by Crippen LogP contribution is -2.37. The highest BCUT2D eigenvalue weighted by Gasteiger charge is 2.16. The number of hydrogen-bond acceptors (Lipinski definition) is 5. The number of aliphatic hydroxyl groups is 1. The van der Waals surface area contributed by atoms with E-state index in [2.05, 4.69) is 15.3 Å². The number of hydrogen-bond donors (Lipinski definition) is 2. The maximum absolute atomic E-state index is 11.9. The van der Waals surface area contributed by atoms with Gasteiger partial charge in [0.05, 0.1) is 23.9 Å². The molecule has 0 radical (unpaired) electrons. The van der Waals surface area contributed by atoms with Crippen LogP contribution in [-0.4, -0.2) is 39.9 Å². The summed E-state index contributed by atoms with van der Waals surface area (Å²) in [7, 11) is 0. The van der Waals surface area contributed by atoms with Crippen LogP contribution in [0.15, 0.2) is 11.4 Å². The zero-order chi connectivity index (χ0) is 12.8. The zero-order valence-electron chi connectivity index (χ0n) is 9.61. The van der Waals surface area contributed by atoms with Crippen LogP contribution in [0.2, 0.25) is 5.02 Å². The Hall–Kier alpha value is -0.850. The number of nitrogens with zero attached hydrogens (tertiary/aromatic N) is 2. The van der Waals surface area contributed by atoms with Crippen LogP contribution in [0.25, 0.3) is 0 Å². The van der Waals surface area contributed by atoms with Gasteiger partial charge in [-0.05, 0) is 12.7 Å². The Balaban J connectivity index is 2.87. The smallest absolute Gasteiger partial charge is 0.271 e. The van der Waals surface area contributed by atoms with E-state index in [0.29, 0.717) is 11.6 Å². The molecule has 0 bridgehead atoms. The molecule has 0 spiro atoms. The van der Waals surface area contributed by atoms with Crippen LogP contribution in [0.3, 0.4) is 0 Å². The third kappa shape index (κ3) is 3.83. The first-order chi connectivity index (χ1) is 8.12. The molecule has 1 amide bonds. The first kappa shape index (κ1) is 14.2. The molecule has 1 aromatic heterocycles. The number of aliphatic hydroxyl groups excluding tert-OH is 1. The van der Waals surface area contributed by atoms with Crippen molar-refractivity contribution in [2.75, 3.05) is 12.9 Å². The Morgan fingerprint density at radius 1 is 1.71 bits per heavy atom. The predicted octanol–water partition coefficient (Wildman–Crippen LogP) is 1.35. The first-order valence-corrected chi connectivity index (χ1v) is 6.70. The summed E-state index contributed by atoms with van der Waals surface area (Å²) in [5, 5.41) is 12.3. The van der Waals surface area contributed by atoms with Crippen LogP contribution in [0, 0.1) is 0 Å². The van der Waals surface area contributed by atoms with Crippen molar-refractivity contribution in [2.24, 2.45) is 0 Å². The van der Waals surface area contributed by atoms with Gasteiger partial charge in [-0.3, -0.25) is 4.79 Å². The van der Waals surface area contributed by atoms with Gasteiger partial charge >= 0.3 is 0 Å². The van der Waals surface area contributed by atoms with Crippen LogP contribution in [0.4, 0.5) is 0 Å². The molecule has 0 aliphatic carbocycles. The summed E-state index contributed by atoms with van der Waals surface area (Å²) in [5.41, 5.74) is 0.137. The molecular weight excluding hydrogens is 262 g/mol. The van der Waals surface area contributed by atoms with E-state index in [0.717, 1.165) is 0 Å². The van der Waals surface area contributed by atoms with Crippen LogP contribution in [0.5, 0.6) is 0 Å². The molecule has 1 heterocycles. The molecule has 1 rings (SSSR count). The average Bonchev–Trinajstić information content (AvgIpc) is 2.36. The van der Waals surface area contributed by atoms with Gasteiger partial charge in [0, 0.05) is 0 Å². The second-order valence-corrected chi connectivity index (χ2v) is 4.50. The highest BCUT2D eigenvalue weighted by Crippen LogP contribution is 2.16. The third-order valence-electron chi connectivity index (χ3n) is 2.17. The van der Waals surface area contributed by atoms with Crippen LogP contribution < -0.4 is 5.32 Å². The lowest BCUT2D eigenvalue weighted by atomic mass is 10.2. The minimum atomic E-state index is -0.395. The second-order valence-electron chi connectivity index (χ2n) is 3.31. The van der Waals surface area contributed by atoms with Gasteiger partial charge < -0.3 is 10.4 Å². The highest BCUT2D eigenvalue weighted by molar-refractivity contribution is 7.98. The summed E-state index contributed by atoms with van der Waals surface area (Å²) in [6.07, 6.45) is 3.85. The predicted molar refractivity (Wildman–Crippen MR) is 67.5 cm³/mol. The number of carbonyl (C=O) groups excluding carboxylic acids is 1. The third-order valence-corrected chi connectivity index (χ3v) is 3.01. The van der Waals surface area contributed by atoms with Crippen molar-refractivity contribution in [3.05, 3.63) is 16.9 Å². The SMILES string of the molecule is CC[C@@H](CO)NC(=O)c1nc(SC)ncc1Cl. The minimum absolute atomic E-state index is 0.111. The lowest BCUT2D eigenvalue weighted by molar-refractivity contribution is 0.0909. The van der Waals surface area contributed by atoms with Gasteiger partial charge in [-0.1, -0.05) is 30.3 Å². The number of aromatic nitrogens is 2. The van der Waals surface area contributed by atoms with Gasteiger partial charge in [-0.2, -0.15) is 0 Å². The van der Waals surface area contributed by atoms with Crippen LogP contribution >= 0.6 is 23.4 Å². The summed E-state index contributed by atoms with van der Waals surface area (Å²) in [6, 6.07) is -0.286. The number of halogens is 1. The lowest BCUT2D eigenvalue weighted by Gasteiger charge is -2.14. The van der Waals surface area contributed by atoms with Crippen molar-refractivity contribution in [2.45, 2.75) is 24.5 Å². The molecule has 5 nitrogen and oxygen atoms in total. The van der Waals surface area contributed by atoms with E-state index in [4.69, 9.17) is 16.7 Å². The van der Waals surface area contributed by atoms with Crippen molar-refractivity contribution in [3.8, 4) is 0 Å². The average molecular weight is 276 g/mol. The topological polar surface area (TPSA) is 75.1 Å². The molecular formula is C10H14ClN3O2S. The summed E-state index contributed by atoms with van der Waals surface area (Å²) in [4.78, 5) is 19.8. The van der Waals surface area contributed by atoms with Crippen LogP contribution in [-0.2, 0) is 0 Å². The molecule has 0 aromatic carbocycles. The highest BCUT2D eigenvalue weighted by atomic mass is 35.5. The van der Waals surface area contributed by atoms with Gasteiger partial charge in [-0.25, -0.2) is 9.97 Å². The molecule has 0 saturated heterocycles. The van der Waals surface area contributed by atoms with E-state index in [-0.39, 0.29) is 23.4 Å². The molecule has 0 unspecified atom stereocenters. The Kier molecular flexibility index (Phi) is 5.67. The van der Waals surface area contributed by atoms with Crippen molar-refractivity contribution < 1.29 is 9.90 Å². The second kappa shape index (κ2) is 6.78. The number of amides is 1. The monoisotopic (exact) mass is 275 g/mol. The molecule has 7 heteroatoms. The van der Waals surface area contributed by atoms with Gasteiger partial charge in [0.1, 0.15) is 0 Å². The molecule has 17 heavy (non-hydrogen) atoms. The van der Waals surface area contributed by atoms with Crippen LogP contribution in [0.1, 0.15) is 23.8 Å². The van der Waals surface area contributed by atoms with Crippen molar-refractivity contribution in [1.29, 1.82) is 0 Å². The fourth-order valence-electron chi connectivity index (χ4n) is 1.14. The quantitative estimate of drug-likeness (QED) is 0.627. The molecule has 94 valence electrons. The van der Waals surface area contributed by atoms with E-state index in [1.54, 1.807) is 0 Å². The summed E-state index contributed by atoms with van der Waals surface area (Å²) in [6.45, 7) is 1.76. The number of carbonyl (C=O) groups is 1. The Morgan fingerprint density at radius 2 is 2.41 bits per heavy atom. The summed E-state index contributed by atoms with van der Waals surface area (Å²) >= 11 is 7.19. The molecule has 2 N–H and O–H groups in total. The van der Waals surface area contributed by atoms with Gasteiger partial charge in [0.2, 0.25) is 0 Å². The van der Waals surface area contributed by atoms with E-state index < -0.39 is 5.91 Å². The first-order valence-electron chi connectivity index (χ1n) is 5.10. The number of rotatable bonds is 5. The Morgan fingerprint density at radius 3 is 2.94 bits per heavy atom. The Labute approximate surface area is 109 Å². The summed E-state index contributed by atoms with van der Waals surface area (Å²) < 4.78 is 0. The van der Waals surface area contributed by atoms with E-state index >= 15 is 0 Å². The molecule has 1 atom stereocenters. The number of nitrogens with one attached hydrogen (secondary N) is 1. The molecule has 0 aliphatic heterocycles. The van der Waals surface area contributed by atoms with E-state index in [1.807, 2.05) is 13.2 Å². The molecule has 0 saturated carbocycles. The standard InChI is InChI=1S/C10H14ClN3O2S/c1-3-6(5-15)13-9(16)8-7(11)4-12-10(14-8)17-2/h4,6,15H,3,5H2,1-2H3,(H,13,16)/t6-/m0/s1. The van der Waals surface area contributed by atoms with Crippen molar-refractivity contribution >= 4 is 29.3 Å². The normalized spacial score (nSPS) is 12.2. The minimum Gasteiger partial charge on any atom is -0.394 e. The fraction of sp³-hybridized carbons (Fsp3) is 0.500.